The number of likely N-dealkylation sites (N-methyl/N-ethyl adjacent to an activating group) is 1. The van der Waals surface area contributed by atoms with Crippen LogP contribution in [0.3, 0.4) is 0 Å². The van der Waals surface area contributed by atoms with Crippen LogP contribution in [0, 0.1) is 6.92 Å². The average Bonchev–Trinajstić information content (AvgIpc) is 3.10. The van der Waals surface area contributed by atoms with Crippen molar-refractivity contribution in [2.24, 2.45) is 5.90 Å². The van der Waals surface area contributed by atoms with Gasteiger partial charge in [0.25, 0.3) is 0 Å². The minimum atomic E-state index is 0.992. The molecule has 5 heteroatoms. The molecule has 0 radical (unpaired) electrons. The molecule has 0 amide bonds. The van der Waals surface area contributed by atoms with Gasteiger partial charge in [-0.2, -0.15) is 0 Å². The van der Waals surface area contributed by atoms with E-state index in [9.17, 15) is 0 Å². The largest absolute Gasteiger partial charge is 0.327 e. The van der Waals surface area contributed by atoms with Gasteiger partial charge in [0.15, 0.2) is 0 Å². The molecule has 1 aromatic heterocycles. The second-order valence-corrected chi connectivity index (χ2v) is 6.18. The first kappa shape index (κ1) is 29.3. The lowest BCUT2D eigenvalue weighted by molar-refractivity contribution is 0.291. The third-order valence-electron chi connectivity index (χ3n) is 4.42. The van der Waals surface area contributed by atoms with Gasteiger partial charge in [0.1, 0.15) is 5.82 Å². The molecule has 0 aliphatic rings. The molecule has 1 aromatic carbocycles. The van der Waals surface area contributed by atoms with Crippen LogP contribution < -0.4 is 5.90 Å². The summed E-state index contributed by atoms with van der Waals surface area (Å²) >= 11 is 0. The van der Waals surface area contributed by atoms with E-state index < -0.39 is 0 Å². The Morgan fingerprint density at radius 3 is 2.17 bits per heavy atom. The van der Waals surface area contributed by atoms with E-state index in [1.165, 1.54) is 18.4 Å². The Balaban J connectivity index is 0. The summed E-state index contributed by atoms with van der Waals surface area (Å²) in [5, 5.41) is 6.50. The van der Waals surface area contributed by atoms with E-state index >= 15 is 0 Å². The highest BCUT2D eigenvalue weighted by molar-refractivity contribution is 5.79. The van der Waals surface area contributed by atoms with Gasteiger partial charge < -0.3 is 14.7 Å². The predicted molar refractivity (Wildman–Crippen MR) is 129 cm³/mol. The first-order chi connectivity index (χ1) is 14.1. The van der Waals surface area contributed by atoms with Crippen molar-refractivity contribution in [3.05, 3.63) is 48.3 Å². The highest BCUT2D eigenvalue weighted by Gasteiger charge is 2.08. The first-order valence-electron chi connectivity index (χ1n) is 10.8. The maximum atomic E-state index is 6.50. The van der Waals surface area contributed by atoms with Crippen LogP contribution in [0.5, 0.6) is 0 Å². The average molecular weight is 405 g/mol. The standard InChI is InChI=1S/C18H25N3.C4H10.C2H6.H3NO/c1-5-8-9-16-10-11-18-17(14-16)19-15(4)21(18)13-12-20(6-2)7-3;1-3-4-2;2*1-2/h5,8-11,14H,1,6-7,12-13H2,2-4H3;3-4H2,1-2H3;1-2H3;2H,1H2/b9-8+;;;. The molecule has 29 heavy (non-hydrogen) atoms. The van der Waals surface area contributed by atoms with Gasteiger partial charge in [0, 0.05) is 13.1 Å². The molecular weight excluding hydrogens is 360 g/mol. The maximum Gasteiger partial charge on any atom is 0.106 e. The quantitative estimate of drug-likeness (QED) is 0.415. The van der Waals surface area contributed by atoms with Crippen LogP contribution in [0.25, 0.3) is 17.1 Å². The van der Waals surface area contributed by atoms with E-state index in [0.717, 1.165) is 43.1 Å². The molecule has 0 fully saturated rings. The fourth-order valence-electron chi connectivity index (χ4n) is 2.61. The van der Waals surface area contributed by atoms with E-state index in [1.54, 1.807) is 6.08 Å². The number of imidazole rings is 1. The minimum Gasteiger partial charge on any atom is -0.327 e. The summed E-state index contributed by atoms with van der Waals surface area (Å²) in [6.07, 6.45) is 8.43. The van der Waals surface area contributed by atoms with Gasteiger partial charge in [-0.1, -0.05) is 85.3 Å². The minimum absolute atomic E-state index is 0.992. The molecule has 2 rings (SSSR count). The number of aromatic nitrogens is 2. The van der Waals surface area contributed by atoms with Crippen molar-refractivity contribution in [1.29, 1.82) is 0 Å². The van der Waals surface area contributed by atoms with Crippen LogP contribution in [-0.4, -0.2) is 39.3 Å². The lowest BCUT2D eigenvalue weighted by atomic mass is 10.2. The number of aryl methyl sites for hydroxylation is 1. The highest BCUT2D eigenvalue weighted by atomic mass is 16.4. The molecule has 0 saturated carbocycles. The molecule has 3 N–H and O–H groups in total. The molecular formula is C24H44N4O. The normalized spacial score (nSPS) is 10.0. The fraction of sp³-hybridized carbons (Fsp3) is 0.542. The Morgan fingerprint density at radius 1 is 1.10 bits per heavy atom. The van der Waals surface area contributed by atoms with E-state index in [2.05, 4.69) is 80.8 Å². The number of rotatable bonds is 8. The van der Waals surface area contributed by atoms with Gasteiger partial charge >= 0.3 is 0 Å². The van der Waals surface area contributed by atoms with E-state index in [-0.39, 0.29) is 0 Å². The summed E-state index contributed by atoms with van der Waals surface area (Å²) in [6, 6.07) is 6.44. The zero-order valence-corrected chi connectivity index (χ0v) is 19.8. The molecule has 1 heterocycles. The molecule has 0 aliphatic heterocycles. The van der Waals surface area contributed by atoms with Gasteiger partial charge in [0.2, 0.25) is 0 Å². The van der Waals surface area contributed by atoms with Crippen LogP contribution in [0.2, 0.25) is 0 Å². The summed E-state index contributed by atoms with van der Waals surface area (Å²) in [7, 11) is 0. The van der Waals surface area contributed by atoms with Crippen molar-refractivity contribution < 1.29 is 5.21 Å². The molecule has 0 bridgehead atoms. The Labute approximate surface area is 178 Å². The van der Waals surface area contributed by atoms with Crippen LogP contribution >= 0.6 is 0 Å². The van der Waals surface area contributed by atoms with Crippen molar-refractivity contribution in [3.8, 4) is 0 Å². The van der Waals surface area contributed by atoms with Crippen molar-refractivity contribution >= 4 is 17.1 Å². The second-order valence-electron chi connectivity index (χ2n) is 6.18. The van der Waals surface area contributed by atoms with E-state index in [0.29, 0.717) is 0 Å². The number of hydrogen-bond acceptors (Lipinski definition) is 4. The lowest BCUT2D eigenvalue weighted by Gasteiger charge is -2.18. The van der Waals surface area contributed by atoms with Crippen molar-refractivity contribution in [2.45, 2.75) is 67.9 Å². The van der Waals surface area contributed by atoms with Crippen molar-refractivity contribution in [2.75, 3.05) is 19.6 Å². The second kappa shape index (κ2) is 19.4. The molecule has 0 aliphatic carbocycles. The Bertz CT molecular complexity index is 671. The molecule has 2 aromatic rings. The third kappa shape index (κ3) is 11.0. The monoisotopic (exact) mass is 404 g/mol. The molecule has 0 unspecified atom stereocenters. The molecule has 5 nitrogen and oxygen atoms in total. The molecule has 166 valence electrons. The summed E-state index contributed by atoms with van der Waals surface area (Å²) in [4.78, 5) is 7.13. The fourth-order valence-corrected chi connectivity index (χ4v) is 2.61. The van der Waals surface area contributed by atoms with E-state index in [4.69, 9.17) is 10.2 Å². The third-order valence-corrected chi connectivity index (χ3v) is 4.42. The van der Waals surface area contributed by atoms with Gasteiger partial charge in [-0.15, -0.1) is 0 Å². The van der Waals surface area contributed by atoms with Crippen LogP contribution in [0.1, 0.15) is 65.8 Å². The Kier molecular flexibility index (Phi) is 19.5. The Hall–Kier alpha value is -1.95. The van der Waals surface area contributed by atoms with Gasteiger partial charge in [-0.25, -0.2) is 10.9 Å². The summed E-state index contributed by atoms with van der Waals surface area (Å²) in [5.41, 5.74) is 3.45. The summed E-state index contributed by atoms with van der Waals surface area (Å²) in [5.74, 6) is 4.59. The topological polar surface area (TPSA) is 67.3 Å². The number of unbranched alkanes of at least 4 members (excludes halogenated alkanes) is 1. The van der Waals surface area contributed by atoms with Crippen LogP contribution in [0.4, 0.5) is 0 Å². The Morgan fingerprint density at radius 2 is 1.69 bits per heavy atom. The molecule has 0 spiro atoms. The van der Waals surface area contributed by atoms with Gasteiger partial charge in [-0.05, 0) is 37.7 Å². The first-order valence-corrected chi connectivity index (χ1v) is 10.8. The zero-order valence-electron chi connectivity index (χ0n) is 19.8. The number of nitrogens with zero attached hydrogens (tertiary/aromatic N) is 3. The van der Waals surface area contributed by atoms with Crippen LogP contribution in [-0.2, 0) is 6.54 Å². The highest BCUT2D eigenvalue weighted by Crippen LogP contribution is 2.18. The van der Waals surface area contributed by atoms with Crippen LogP contribution in [0.15, 0.2) is 36.9 Å². The van der Waals surface area contributed by atoms with Gasteiger partial charge in [0.05, 0.1) is 11.0 Å². The van der Waals surface area contributed by atoms with Gasteiger partial charge in [-0.3, -0.25) is 0 Å². The lowest BCUT2D eigenvalue weighted by Crippen LogP contribution is -2.27. The molecule has 0 saturated heterocycles. The number of fused-ring (bicyclic) bond motifs is 1. The number of allylic oxidation sites excluding steroid dienone is 2. The summed E-state index contributed by atoms with van der Waals surface area (Å²) < 4.78 is 2.31. The zero-order chi connectivity index (χ0) is 22.7. The predicted octanol–water partition coefficient (Wildman–Crippen LogP) is 6.05. The molecule has 0 atom stereocenters. The van der Waals surface area contributed by atoms with Crippen molar-refractivity contribution in [3.63, 3.8) is 0 Å². The SMILES string of the molecule is C=C/C=C/c1ccc2c(c1)nc(C)n2CCN(CC)CC.CC.CCCC.NO. The summed E-state index contributed by atoms with van der Waals surface area (Å²) in [6.45, 7) is 22.8. The number of benzene rings is 1. The smallest absolute Gasteiger partial charge is 0.106 e. The van der Waals surface area contributed by atoms with E-state index in [1.807, 2.05) is 19.9 Å². The number of nitrogens with two attached hydrogens (primary N) is 1. The number of hydrogen-bond donors (Lipinski definition) is 2. The maximum absolute atomic E-state index is 6.50. The van der Waals surface area contributed by atoms with Crippen molar-refractivity contribution in [1.82, 2.24) is 14.5 Å².